The largest absolute Gasteiger partial charge is 0.490 e. The molecule has 0 aliphatic carbocycles. The van der Waals surface area contributed by atoms with Gasteiger partial charge >= 0.3 is 0 Å². The number of benzene rings is 2. The van der Waals surface area contributed by atoms with Gasteiger partial charge in [-0.05, 0) is 48.4 Å². The zero-order chi connectivity index (χ0) is 15.9. The Balaban J connectivity index is 2.15. The molecule has 6 heteroatoms. The normalized spacial score (nSPS) is 10.9. The van der Waals surface area contributed by atoms with Crippen molar-refractivity contribution in [3.63, 3.8) is 0 Å². The first-order valence-corrected chi connectivity index (χ1v) is 7.46. The summed E-state index contributed by atoms with van der Waals surface area (Å²) in [6.07, 6.45) is 1.55. The van der Waals surface area contributed by atoms with Gasteiger partial charge in [-0.2, -0.15) is 5.10 Å². The molecule has 2 rings (SSSR count). The number of hydrazone groups is 1. The maximum atomic E-state index is 5.99. The van der Waals surface area contributed by atoms with Gasteiger partial charge in [0.1, 0.15) is 6.61 Å². The molecule has 0 spiro atoms. The molecule has 0 saturated heterocycles. The van der Waals surface area contributed by atoms with Crippen molar-refractivity contribution in [2.75, 3.05) is 6.61 Å². The highest BCUT2D eigenvalue weighted by Crippen LogP contribution is 2.29. The fraction of sp³-hybridized carbons (Fsp3) is 0.188. The second-order valence-electron chi connectivity index (χ2n) is 4.45. The summed E-state index contributed by atoms with van der Waals surface area (Å²) in [5.74, 6) is 6.44. The first-order chi connectivity index (χ1) is 10.6. The molecule has 116 valence electrons. The fourth-order valence-corrected chi connectivity index (χ4v) is 2.19. The molecule has 0 aliphatic heterocycles. The van der Waals surface area contributed by atoms with Gasteiger partial charge < -0.3 is 15.3 Å². The van der Waals surface area contributed by atoms with Gasteiger partial charge in [-0.15, -0.1) is 0 Å². The zero-order valence-corrected chi connectivity index (χ0v) is 13.6. The molecule has 0 radical (unpaired) electrons. The second-order valence-corrected chi connectivity index (χ2v) is 5.27. The lowest BCUT2D eigenvalue weighted by molar-refractivity contribution is 0.269. The van der Waals surface area contributed by atoms with Crippen molar-refractivity contribution in [3.8, 4) is 11.5 Å². The third-order valence-electron chi connectivity index (χ3n) is 2.87. The number of nitrogens with two attached hydrogens (primary N) is 1. The quantitative estimate of drug-likeness (QED) is 0.486. The fourth-order valence-electron chi connectivity index (χ4n) is 1.87. The first-order valence-electron chi connectivity index (χ1n) is 6.71. The summed E-state index contributed by atoms with van der Waals surface area (Å²) in [4.78, 5) is 0. The molecule has 0 fully saturated rings. The summed E-state index contributed by atoms with van der Waals surface area (Å²) in [5.41, 5.74) is 1.76. The highest BCUT2D eigenvalue weighted by Gasteiger charge is 2.07. The predicted octanol–water partition coefficient (Wildman–Crippen LogP) is 4.26. The minimum absolute atomic E-state index is 0.362. The van der Waals surface area contributed by atoms with Gasteiger partial charge in [0.2, 0.25) is 0 Å². The van der Waals surface area contributed by atoms with Crippen LogP contribution in [0, 0.1) is 0 Å². The van der Waals surface area contributed by atoms with Gasteiger partial charge in [0.15, 0.2) is 11.5 Å². The minimum Gasteiger partial charge on any atom is -0.490 e. The van der Waals surface area contributed by atoms with Crippen LogP contribution in [-0.4, -0.2) is 12.8 Å². The Morgan fingerprint density at radius 3 is 2.55 bits per heavy atom. The van der Waals surface area contributed by atoms with Crippen LogP contribution in [0.3, 0.4) is 0 Å². The van der Waals surface area contributed by atoms with Crippen molar-refractivity contribution in [2.45, 2.75) is 13.5 Å². The van der Waals surface area contributed by atoms with Crippen LogP contribution in [0.2, 0.25) is 10.0 Å². The number of hydrogen-bond acceptors (Lipinski definition) is 4. The van der Waals surface area contributed by atoms with Gasteiger partial charge in [-0.25, -0.2) is 0 Å². The third-order valence-corrected chi connectivity index (χ3v) is 3.61. The number of nitrogens with zero attached hydrogens (tertiary/aromatic N) is 1. The average molecular weight is 339 g/mol. The second kappa shape index (κ2) is 7.92. The molecule has 0 atom stereocenters. The van der Waals surface area contributed by atoms with Crippen LogP contribution in [0.5, 0.6) is 11.5 Å². The van der Waals surface area contributed by atoms with Gasteiger partial charge in [-0.1, -0.05) is 29.3 Å². The SMILES string of the molecule is CCOc1cc(C=NN)ccc1OCc1ccc(Cl)c(Cl)c1. The Kier molecular flexibility index (Phi) is 5.92. The van der Waals surface area contributed by atoms with Crippen LogP contribution in [0.4, 0.5) is 0 Å². The van der Waals surface area contributed by atoms with Crippen LogP contribution in [0.25, 0.3) is 0 Å². The minimum atomic E-state index is 0.362. The molecule has 0 amide bonds. The van der Waals surface area contributed by atoms with E-state index in [1.54, 1.807) is 18.3 Å². The summed E-state index contributed by atoms with van der Waals surface area (Å²) in [6.45, 7) is 2.81. The molecular formula is C16H16Cl2N2O2. The van der Waals surface area contributed by atoms with Crippen molar-refractivity contribution < 1.29 is 9.47 Å². The Labute approximate surface area is 139 Å². The molecule has 0 bridgehead atoms. The zero-order valence-electron chi connectivity index (χ0n) is 12.1. The van der Waals surface area contributed by atoms with Crippen LogP contribution in [-0.2, 0) is 6.61 Å². The molecule has 22 heavy (non-hydrogen) atoms. The molecule has 0 saturated carbocycles. The van der Waals surface area contributed by atoms with E-state index >= 15 is 0 Å². The van der Waals surface area contributed by atoms with Crippen molar-refractivity contribution >= 4 is 29.4 Å². The number of ether oxygens (including phenoxy) is 2. The van der Waals surface area contributed by atoms with E-state index in [-0.39, 0.29) is 0 Å². The highest BCUT2D eigenvalue weighted by molar-refractivity contribution is 6.42. The van der Waals surface area contributed by atoms with Crippen molar-refractivity contribution in [3.05, 3.63) is 57.6 Å². The standard InChI is InChI=1S/C16H16Cl2N2O2/c1-2-21-16-8-11(9-20-19)4-6-15(16)22-10-12-3-5-13(17)14(18)7-12/h3-9H,2,10,19H2,1H3. The summed E-state index contributed by atoms with van der Waals surface area (Å²) < 4.78 is 11.4. The Morgan fingerprint density at radius 1 is 1.05 bits per heavy atom. The molecule has 2 aromatic rings. The maximum Gasteiger partial charge on any atom is 0.161 e. The average Bonchev–Trinajstić information content (AvgIpc) is 2.50. The van der Waals surface area contributed by atoms with Crippen LogP contribution < -0.4 is 15.3 Å². The molecule has 0 aromatic heterocycles. The highest BCUT2D eigenvalue weighted by atomic mass is 35.5. The van der Waals surface area contributed by atoms with Crippen molar-refractivity contribution in [2.24, 2.45) is 10.9 Å². The molecule has 2 aromatic carbocycles. The van der Waals surface area contributed by atoms with Crippen LogP contribution in [0.15, 0.2) is 41.5 Å². The van der Waals surface area contributed by atoms with Gasteiger partial charge in [0.25, 0.3) is 0 Å². The van der Waals surface area contributed by atoms with E-state index < -0.39 is 0 Å². The van der Waals surface area contributed by atoms with E-state index in [2.05, 4.69) is 5.10 Å². The van der Waals surface area contributed by atoms with E-state index in [4.69, 9.17) is 38.5 Å². The molecular weight excluding hydrogens is 323 g/mol. The summed E-state index contributed by atoms with van der Waals surface area (Å²) in [5, 5.41) is 4.52. The van der Waals surface area contributed by atoms with E-state index in [9.17, 15) is 0 Å². The number of hydrogen-bond donors (Lipinski definition) is 1. The molecule has 2 N–H and O–H groups in total. The molecule has 0 heterocycles. The lowest BCUT2D eigenvalue weighted by Gasteiger charge is -2.13. The maximum absolute atomic E-state index is 5.99. The molecule has 4 nitrogen and oxygen atoms in total. The van der Waals surface area contributed by atoms with E-state index in [1.807, 2.05) is 31.2 Å². The number of rotatable bonds is 6. The lowest BCUT2D eigenvalue weighted by atomic mass is 10.2. The summed E-state index contributed by atoms with van der Waals surface area (Å²) in [7, 11) is 0. The van der Waals surface area contributed by atoms with Crippen molar-refractivity contribution in [1.82, 2.24) is 0 Å². The van der Waals surface area contributed by atoms with Crippen LogP contribution >= 0.6 is 23.2 Å². The predicted molar refractivity (Wildman–Crippen MR) is 90.2 cm³/mol. The topological polar surface area (TPSA) is 56.8 Å². The van der Waals surface area contributed by atoms with Gasteiger partial charge in [-0.3, -0.25) is 0 Å². The Morgan fingerprint density at radius 2 is 1.86 bits per heavy atom. The monoisotopic (exact) mass is 338 g/mol. The Hall–Kier alpha value is -1.91. The lowest BCUT2D eigenvalue weighted by Crippen LogP contribution is -2.00. The molecule has 0 unspecified atom stereocenters. The third kappa shape index (κ3) is 4.29. The Bertz CT molecular complexity index is 675. The van der Waals surface area contributed by atoms with E-state index in [0.717, 1.165) is 11.1 Å². The number of halogens is 2. The van der Waals surface area contributed by atoms with Crippen LogP contribution in [0.1, 0.15) is 18.1 Å². The summed E-state index contributed by atoms with van der Waals surface area (Å²) in [6, 6.07) is 10.9. The van der Waals surface area contributed by atoms with E-state index in [1.165, 1.54) is 0 Å². The van der Waals surface area contributed by atoms with Gasteiger partial charge in [0.05, 0.1) is 22.9 Å². The molecule has 0 aliphatic rings. The smallest absolute Gasteiger partial charge is 0.161 e. The van der Waals surface area contributed by atoms with E-state index in [0.29, 0.717) is 34.8 Å². The first kappa shape index (κ1) is 16.5. The summed E-state index contributed by atoms with van der Waals surface area (Å²) >= 11 is 11.9. The van der Waals surface area contributed by atoms with Crippen molar-refractivity contribution in [1.29, 1.82) is 0 Å². The van der Waals surface area contributed by atoms with Gasteiger partial charge in [0, 0.05) is 0 Å².